The molecule has 0 N–H and O–H groups in total. The van der Waals surface area contributed by atoms with Gasteiger partial charge in [0.25, 0.3) is 0 Å². The van der Waals surface area contributed by atoms with Crippen LogP contribution >= 0.6 is 0 Å². The van der Waals surface area contributed by atoms with Gasteiger partial charge in [0.15, 0.2) is 0 Å². The number of carbonyl (C=O) groups excluding carboxylic acids is 1. The van der Waals surface area contributed by atoms with Gasteiger partial charge in [-0.3, -0.25) is 4.79 Å². The Balaban J connectivity index is 1.92. The van der Waals surface area contributed by atoms with E-state index in [1.807, 2.05) is 35.2 Å². The second kappa shape index (κ2) is 3.37. The van der Waals surface area contributed by atoms with Gasteiger partial charge < -0.3 is 9.64 Å². The lowest BCUT2D eigenvalue weighted by Gasteiger charge is -2.24. The number of fused-ring (bicyclic) bond motifs is 2. The van der Waals surface area contributed by atoms with Crippen LogP contribution in [0.4, 0.5) is 5.69 Å². The van der Waals surface area contributed by atoms with Crippen LogP contribution in [0.3, 0.4) is 0 Å². The third-order valence-electron chi connectivity index (χ3n) is 3.30. The van der Waals surface area contributed by atoms with Crippen molar-refractivity contribution in [2.75, 3.05) is 12.0 Å². The Morgan fingerprint density at radius 3 is 2.56 bits per heavy atom. The number of hydrogen-bond donors (Lipinski definition) is 0. The average molecular weight is 215 g/mol. The van der Waals surface area contributed by atoms with Crippen LogP contribution in [0.15, 0.2) is 36.4 Å². The molecule has 2 aliphatic rings. The number of rotatable bonds is 2. The molecule has 2 bridgehead atoms. The van der Waals surface area contributed by atoms with Gasteiger partial charge in [0, 0.05) is 5.69 Å². The van der Waals surface area contributed by atoms with E-state index in [9.17, 15) is 4.79 Å². The second-order valence-electron chi connectivity index (χ2n) is 4.20. The van der Waals surface area contributed by atoms with Crippen molar-refractivity contribution in [1.82, 2.24) is 0 Å². The monoisotopic (exact) mass is 215 g/mol. The van der Waals surface area contributed by atoms with Gasteiger partial charge in [-0.15, -0.1) is 0 Å². The molecule has 1 fully saturated rings. The summed E-state index contributed by atoms with van der Waals surface area (Å²) in [5.41, 5.74) is 0.961. The van der Waals surface area contributed by atoms with E-state index in [-0.39, 0.29) is 17.9 Å². The van der Waals surface area contributed by atoms with Crippen LogP contribution in [0.2, 0.25) is 0 Å². The highest BCUT2D eigenvalue weighted by atomic mass is 16.5. The maximum Gasteiger partial charge on any atom is 0.234 e. The molecule has 1 saturated heterocycles. The first-order valence-electron chi connectivity index (χ1n) is 5.45. The summed E-state index contributed by atoms with van der Waals surface area (Å²) in [5, 5.41) is 0. The van der Waals surface area contributed by atoms with E-state index in [1.54, 1.807) is 7.11 Å². The highest BCUT2D eigenvalue weighted by molar-refractivity contribution is 6.00. The molecule has 1 aromatic carbocycles. The van der Waals surface area contributed by atoms with Gasteiger partial charge in [0.1, 0.15) is 5.75 Å². The van der Waals surface area contributed by atoms with E-state index in [4.69, 9.17) is 4.74 Å². The van der Waals surface area contributed by atoms with Crippen LogP contribution < -0.4 is 9.64 Å². The van der Waals surface area contributed by atoms with Gasteiger partial charge in [0.2, 0.25) is 5.91 Å². The van der Waals surface area contributed by atoms with Crippen LogP contribution in [0.25, 0.3) is 0 Å². The zero-order valence-corrected chi connectivity index (χ0v) is 9.09. The van der Waals surface area contributed by atoms with Crippen molar-refractivity contribution in [3.8, 4) is 5.75 Å². The molecule has 2 atom stereocenters. The van der Waals surface area contributed by atoms with Crippen molar-refractivity contribution in [1.29, 1.82) is 0 Å². The van der Waals surface area contributed by atoms with E-state index in [2.05, 4.69) is 6.08 Å². The molecule has 3 nitrogen and oxygen atoms in total. The summed E-state index contributed by atoms with van der Waals surface area (Å²) in [7, 11) is 1.64. The zero-order valence-electron chi connectivity index (χ0n) is 9.09. The SMILES string of the molecule is COc1ccc(N2C(=O)C3C=CC2C3)cc1. The van der Waals surface area contributed by atoms with Gasteiger partial charge in [-0.2, -0.15) is 0 Å². The highest BCUT2D eigenvalue weighted by Gasteiger charge is 2.41. The Hall–Kier alpha value is -1.77. The largest absolute Gasteiger partial charge is 0.497 e. The molecule has 1 aliphatic carbocycles. The standard InChI is InChI=1S/C13H13NO2/c1-16-12-6-4-10(5-7-12)14-11-3-2-9(8-11)13(14)15/h2-7,9,11H,8H2,1H3. The van der Waals surface area contributed by atoms with E-state index >= 15 is 0 Å². The van der Waals surface area contributed by atoms with Crippen molar-refractivity contribution in [2.24, 2.45) is 5.92 Å². The maximum atomic E-state index is 12.0. The van der Waals surface area contributed by atoms with Crippen molar-refractivity contribution in [3.63, 3.8) is 0 Å². The summed E-state index contributed by atoms with van der Waals surface area (Å²) in [6, 6.07) is 7.90. The molecular formula is C13H13NO2. The minimum Gasteiger partial charge on any atom is -0.497 e. The Kier molecular flexibility index (Phi) is 1.99. The van der Waals surface area contributed by atoms with Gasteiger partial charge >= 0.3 is 0 Å². The first-order chi connectivity index (χ1) is 7.79. The van der Waals surface area contributed by atoms with E-state index < -0.39 is 0 Å². The molecule has 0 spiro atoms. The van der Waals surface area contributed by atoms with Crippen molar-refractivity contribution in [3.05, 3.63) is 36.4 Å². The van der Waals surface area contributed by atoms with Gasteiger partial charge in [0.05, 0.1) is 19.1 Å². The molecule has 0 saturated carbocycles. The zero-order chi connectivity index (χ0) is 11.1. The van der Waals surface area contributed by atoms with E-state index in [0.29, 0.717) is 0 Å². The summed E-state index contributed by atoms with van der Waals surface area (Å²) >= 11 is 0. The molecule has 3 heteroatoms. The van der Waals surface area contributed by atoms with Crippen LogP contribution in [-0.4, -0.2) is 19.1 Å². The summed E-state index contributed by atoms with van der Waals surface area (Å²) in [6.45, 7) is 0. The highest BCUT2D eigenvalue weighted by Crippen LogP contribution is 2.36. The molecule has 0 aromatic heterocycles. The Bertz CT molecular complexity index is 450. The fourth-order valence-corrected chi connectivity index (χ4v) is 2.46. The smallest absolute Gasteiger partial charge is 0.234 e. The first-order valence-corrected chi connectivity index (χ1v) is 5.45. The molecule has 1 aromatic rings. The molecule has 1 heterocycles. The number of hydrogen-bond acceptors (Lipinski definition) is 2. The van der Waals surface area contributed by atoms with Crippen molar-refractivity contribution in [2.45, 2.75) is 12.5 Å². The van der Waals surface area contributed by atoms with E-state index in [0.717, 1.165) is 17.9 Å². The third-order valence-corrected chi connectivity index (χ3v) is 3.30. The third kappa shape index (κ3) is 1.24. The molecule has 1 aliphatic heterocycles. The molecule has 82 valence electrons. The number of carbonyl (C=O) groups is 1. The molecule has 1 amide bonds. The Morgan fingerprint density at radius 1 is 1.25 bits per heavy atom. The number of methoxy groups -OCH3 is 1. The minimum absolute atomic E-state index is 0.104. The topological polar surface area (TPSA) is 29.5 Å². The molecule has 16 heavy (non-hydrogen) atoms. The van der Waals surface area contributed by atoms with Crippen molar-refractivity contribution < 1.29 is 9.53 Å². The summed E-state index contributed by atoms with van der Waals surface area (Å²) in [6.07, 6.45) is 5.08. The Morgan fingerprint density at radius 2 is 2.00 bits per heavy atom. The average Bonchev–Trinajstić information content (AvgIpc) is 2.90. The number of amides is 1. The lowest BCUT2D eigenvalue weighted by molar-refractivity contribution is -0.119. The predicted octanol–water partition coefficient (Wildman–Crippen LogP) is 1.99. The first kappa shape index (κ1) is 9.46. The quantitative estimate of drug-likeness (QED) is 0.706. The van der Waals surface area contributed by atoms with Gasteiger partial charge in [-0.25, -0.2) is 0 Å². The predicted molar refractivity (Wildman–Crippen MR) is 61.5 cm³/mol. The lowest BCUT2D eigenvalue weighted by atomic mass is 10.1. The number of benzene rings is 1. The molecule has 3 rings (SSSR count). The molecule has 0 radical (unpaired) electrons. The lowest BCUT2D eigenvalue weighted by Crippen LogP contribution is -2.34. The normalized spacial score (nSPS) is 26.6. The molecular weight excluding hydrogens is 202 g/mol. The van der Waals surface area contributed by atoms with Crippen LogP contribution in [0.5, 0.6) is 5.75 Å². The minimum atomic E-state index is 0.104. The van der Waals surface area contributed by atoms with Crippen LogP contribution in [-0.2, 0) is 4.79 Å². The summed E-state index contributed by atoms with van der Waals surface area (Å²) in [5.74, 6) is 1.14. The van der Waals surface area contributed by atoms with Crippen LogP contribution in [0, 0.1) is 5.92 Å². The van der Waals surface area contributed by atoms with Crippen molar-refractivity contribution >= 4 is 11.6 Å². The second-order valence-corrected chi connectivity index (χ2v) is 4.20. The fourth-order valence-electron chi connectivity index (χ4n) is 2.46. The maximum absolute atomic E-state index is 12.0. The number of nitrogens with zero attached hydrogens (tertiary/aromatic N) is 1. The summed E-state index contributed by atoms with van der Waals surface area (Å²) in [4.78, 5) is 13.8. The van der Waals surface area contributed by atoms with Gasteiger partial charge in [-0.05, 0) is 30.7 Å². The molecule has 2 unspecified atom stereocenters. The van der Waals surface area contributed by atoms with Crippen LogP contribution in [0.1, 0.15) is 6.42 Å². The number of anilines is 1. The summed E-state index contributed by atoms with van der Waals surface area (Å²) < 4.78 is 5.10. The fraction of sp³-hybridized carbons (Fsp3) is 0.308. The van der Waals surface area contributed by atoms with Gasteiger partial charge in [-0.1, -0.05) is 12.2 Å². The number of ether oxygens (including phenoxy) is 1. The van der Waals surface area contributed by atoms with E-state index in [1.165, 1.54) is 0 Å². The Labute approximate surface area is 94.3 Å².